The Hall–Kier alpha value is -10.2. The van der Waals surface area contributed by atoms with Crippen molar-refractivity contribution in [1.82, 2.24) is 85.5 Å². The topological polar surface area (TPSA) is 246 Å². The maximum Gasteiger partial charge on any atom is 0.321 e. The van der Waals surface area contributed by atoms with Gasteiger partial charge < -0.3 is 53.5 Å². The Balaban J connectivity index is 0.000000159. The molecule has 6 N–H and O–H groups in total. The molecular formula is C96H134F2N18O5. The molecule has 0 spiro atoms. The number of rotatable bonds is 41. The van der Waals surface area contributed by atoms with Crippen LogP contribution in [-0.2, 0) is 32.7 Å². The summed E-state index contributed by atoms with van der Waals surface area (Å²) in [5, 5.41) is 46.0. The highest BCUT2D eigenvalue weighted by Crippen LogP contribution is 2.36. The number of benzene rings is 5. The number of hydrogen-bond donors (Lipinski definition) is 6. The van der Waals surface area contributed by atoms with E-state index in [1.165, 1.54) is 117 Å². The van der Waals surface area contributed by atoms with E-state index in [1.807, 2.05) is 79.5 Å². The van der Waals surface area contributed by atoms with E-state index in [9.17, 15) is 13.9 Å². The van der Waals surface area contributed by atoms with Crippen molar-refractivity contribution in [2.75, 3.05) is 86.5 Å². The van der Waals surface area contributed by atoms with Gasteiger partial charge in [-0.2, -0.15) is 25.5 Å². The zero-order valence-corrected chi connectivity index (χ0v) is 74.1. The molecule has 0 atom stereocenters. The van der Waals surface area contributed by atoms with Gasteiger partial charge in [-0.3, -0.25) is 25.5 Å². The van der Waals surface area contributed by atoms with Gasteiger partial charge >= 0.3 is 6.01 Å². The Morgan fingerprint density at radius 1 is 0.405 bits per heavy atom. The highest BCUT2D eigenvalue weighted by atomic mass is 19.1. The first kappa shape index (κ1) is 93.1. The van der Waals surface area contributed by atoms with E-state index < -0.39 is 0 Å². The van der Waals surface area contributed by atoms with Gasteiger partial charge in [0, 0.05) is 120 Å². The van der Waals surface area contributed by atoms with E-state index in [4.69, 9.17) is 18.9 Å². The van der Waals surface area contributed by atoms with Crippen molar-refractivity contribution in [2.45, 2.75) is 221 Å². The minimum Gasteiger partial charge on any atom is -0.490 e. The zero-order valence-electron chi connectivity index (χ0n) is 74.1. The molecule has 3 saturated carbocycles. The monoisotopic (exact) mass is 1660 g/mol. The van der Waals surface area contributed by atoms with Gasteiger partial charge in [0.25, 0.3) is 0 Å². The number of nitrogens with one attached hydrogen (secondary N) is 5. The number of aliphatic hydroxyl groups excluding tert-OH is 1. The van der Waals surface area contributed by atoms with Crippen LogP contribution in [0.4, 0.5) is 14.5 Å². The molecule has 5 aromatic carbocycles. The van der Waals surface area contributed by atoms with Crippen LogP contribution in [-0.4, -0.2) is 197 Å². The second kappa shape index (κ2) is 49.1. The highest BCUT2D eigenvalue weighted by molar-refractivity contribution is 5.68. The third-order valence-corrected chi connectivity index (χ3v) is 22.0. The first-order chi connectivity index (χ1) is 58.8. The zero-order chi connectivity index (χ0) is 85.8. The van der Waals surface area contributed by atoms with E-state index in [0.29, 0.717) is 41.8 Å². The average molecular weight is 1660 g/mol. The lowest BCUT2D eigenvalue weighted by Crippen LogP contribution is -2.26. The van der Waals surface area contributed by atoms with Gasteiger partial charge in [-0.05, 0) is 274 Å². The molecule has 3 fully saturated rings. The smallest absolute Gasteiger partial charge is 0.321 e. The van der Waals surface area contributed by atoms with Crippen LogP contribution in [0.1, 0.15) is 192 Å². The van der Waals surface area contributed by atoms with E-state index in [2.05, 4.69) is 218 Å². The van der Waals surface area contributed by atoms with Crippen LogP contribution in [0.2, 0.25) is 0 Å². The lowest BCUT2D eigenvalue weighted by atomic mass is 9.95. The fourth-order valence-electron chi connectivity index (χ4n) is 14.1. The number of unbranched alkanes of at least 4 members (excludes halogenated alkanes) is 5. The molecule has 121 heavy (non-hydrogen) atoms. The fourth-order valence-corrected chi connectivity index (χ4v) is 14.1. The molecule has 3 aliphatic carbocycles. The predicted molar refractivity (Wildman–Crippen MR) is 483 cm³/mol. The number of H-pyrrole nitrogens is 5. The molecular weight excluding hydrogens is 1520 g/mol. The Morgan fingerprint density at radius 3 is 1.08 bits per heavy atom. The van der Waals surface area contributed by atoms with E-state index in [1.54, 1.807) is 30.6 Å². The molecule has 0 amide bonds. The van der Waals surface area contributed by atoms with Crippen molar-refractivity contribution >= 4 is 5.69 Å². The van der Waals surface area contributed by atoms with Gasteiger partial charge in [0.15, 0.2) is 23.1 Å². The van der Waals surface area contributed by atoms with Gasteiger partial charge in [-0.15, -0.1) is 0 Å². The number of hydrogen-bond acceptors (Lipinski definition) is 18. The number of aliphatic hydroxyl groups is 1. The third kappa shape index (κ3) is 30.4. The predicted octanol–water partition coefficient (Wildman–Crippen LogP) is 20.3. The van der Waals surface area contributed by atoms with Crippen molar-refractivity contribution in [1.29, 1.82) is 0 Å². The molecule has 6 aromatic heterocycles. The molecule has 14 rings (SSSR count). The molecule has 0 saturated heterocycles. The average Bonchev–Trinajstić information content (AvgIpc) is 1.69. The van der Waals surface area contributed by atoms with Crippen LogP contribution in [0.5, 0.6) is 29.0 Å². The normalized spacial score (nSPS) is 14.4. The van der Waals surface area contributed by atoms with Crippen molar-refractivity contribution in [2.24, 2.45) is 5.92 Å². The molecule has 0 unspecified atom stereocenters. The number of anilines is 1. The molecule has 6 heterocycles. The lowest BCUT2D eigenvalue weighted by Gasteiger charge is -2.26. The number of ether oxygens (including phenoxy) is 4. The van der Waals surface area contributed by atoms with Crippen LogP contribution in [0.15, 0.2) is 159 Å². The van der Waals surface area contributed by atoms with Gasteiger partial charge in [0.2, 0.25) is 0 Å². The molecule has 0 bridgehead atoms. The Bertz CT molecular complexity index is 4710. The summed E-state index contributed by atoms with van der Waals surface area (Å²) in [6.07, 6.45) is 33.0. The van der Waals surface area contributed by atoms with Crippen molar-refractivity contribution in [3.63, 3.8) is 0 Å². The Kier molecular flexibility index (Phi) is 37.8. The molecule has 652 valence electrons. The van der Waals surface area contributed by atoms with Crippen molar-refractivity contribution in [3.05, 3.63) is 198 Å². The summed E-state index contributed by atoms with van der Waals surface area (Å²) in [5.74, 6) is 2.28. The van der Waals surface area contributed by atoms with E-state index >= 15 is 0 Å². The number of aromatic amines is 5. The molecule has 25 heteroatoms. The lowest BCUT2D eigenvalue weighted by molar-refractivity contribution is 0.0666. The maximum atomic E-state index is 14.3. The summed E-state index contributed by atoms with van der Waals surface area (Å²) in [4.78, 5) is 21.9. The van der Waals surface area contributed by atoms with Gasteiger partial charge in [0.05, 0.1) is 84.4 Å². The summed E-state index contributed by atoms with van der Waals surface area (Å²) in [7, 11) is 12.8. The second-order valence-electron chi connectivity index (χ2n) is 33.2. The summed E-state index contributed by atoms with van der Waals surface area (Å²) in [5.41, 5.74) is 17.1. The van der Waals surface area contributed by atoms with Gasteiger partial charge in [0.1, 0.15) is 11.5 Å². The molecule has 0 radical (unpaired) electrons. The van der Waals surface area contributed by atoms with Crippen LogP contribution in [0, 0.1) is 17.6 Å². The van der Waals surface area contributed by atoms with Crippen LogP contribution in [0.25, 0.3) is 56.3 Å². The summed E-state index contributed by atoms with van der Waals surface area (Å²) >= 11 is 0. The molecule has 3 aliphatic rings. The SMILES string of the molecule is CCCCN(C)Cc1cn[nH]c1-c1ccc(N(C)C(C)C)cc1.CCCCN(C)Cc1cn[nH]c1-c1ccc(OC2CC2)c(F)c1.CCCCN(C)Cc1cn[nH]c1-c1ccc(OC2CCC(O)CC2)cc1.CCCCN(C)Cc1cn[nH]c1-c1ccc(OCC2CC2)c(F)c1.CCCCN(C)Cc1cn[nH]c1-c1ccc(Oc2ncccn2)cc1. The summed E-state index contributed by atoms with van der Waals surface area (Å²) < 4.78 is 51.4. The molecule has 11 aromatic rings. The van der Waals surface area contributed by atoms with Crippen molar-refractivity contribution in [3.8, 4) is 85.3 Å². The van der Waals surface area contributed by atoms with Gasteiger partial charge in [-0.1, -0.05) is 78.9 Å². The second-order valence-corrected chi connectivity index (χ2v) is 33.2. The van der Waals surface area contributed by atoms with E-state index in [0.717, 1.165) is 172 Å². The summed E-state index contributed by atoms with van der Waals surface area (Å²) in [6.45, 7) is 25.8. The van der Waals surface area contributed by atoms with E-state index in [-0.39, 0.29) is 29.9 Å². The maximum absolute atomic E-state index is 14.3. The fraction of sp³-hybridized carbons (Fsp3) is 0.490. The Labute approximate surface area is 717 Å². The minimum absolute atomic E-state index is 0.147. The molecule has 23 nitrogen and oxygen atoms in total. The standard InChI is InChI=1S/C21H31N3O2.C19H26FN3O.C19H23N5O.C19H30N4.C18H24FN3O/c1-3-4-13-24(2)15-17-14-22-23-21(17)16-5-9-19(10-6-16)26-20-11-7-18(25)8-12-20;1-3-4-9-23(2)12-16-11-21-22-19(16)15-7-8-18(17(20)10-15)24-13-14-5-6-14;1-3-4-12-24(2)14-16-13-22-23-18(16)15-6-8-17(9-7-15)25-19-20-10-5-11-21-19;1-6-7-12-22(4)14-17-13-20-21-19(17)16-8-10-18(11-9-16)23(5)15(2)3;1-3-4-9-22(2)12-14-11-20-21-18(14)13-5-8-17(16(19)10-13)23-15-6-7-15/h5-6,9-10,14,18,20,25H,3-4,7-8,11-13,15H2,1-2H3,(H,22,23);7-8,10-11,14H,3-6,9,12-13H2,1-2H3,(H,21,22);5-11,13H,3-4,12,14H2,1-2H3,(H,22,23);8-11,13,15H,6-7,12,14H2,1-5H3,(H,20,21);5,8,10-11,15H,3-4,6-7,9,12H2,1-2H3,(H,20,21). The van der Waals surface area contributed by atoms with Gasteiger partial charge in [-0.25, -0.2) is 18.7 Å². The molecule has 0 aliphatic heterocycles. The number of nitrogens with zero attached hydrogens (tertiary/aromatic N) is 13. The minimum atomic E-state index is -0.312. The summed E-state index contributed by atoms with van der Waals surface area (Å²) in [6, 6.07) is 37.7. The quantitative estimate of drug-likeness (QED) is 0.0208. The van der Waals surface area contributed by atoms with Crippen molar-refractivity contribution < 1.29 is 32.8 Å². The van der Waals surface area contributed by atoms with Crippen LogP contribution < -0.4 is 23.8 Å². The largest absolute Gasteiger partial charge is 0.490 e. The van der Waals surface area contributed by atoms with Crippen LogP contribution >= 0.6 is 0 Å². The Morgan fingerprint density at radius 2 is 0.736 bits per heavy atom. The first-order valence-corrected chi connectivity index (χ1v) is 44.0. The first-order valence-electron chi connectivity index (χ1n) is 44.0. The van der Waals surface area contributed by atoms with Crippen LogP contribution in [0.3, 0.4) is 0 Å². The number of aromatic nitrogens is 12. The third-order valence-electron chi connectivity index (χ3n) is 22.0. The highest BCUT2D eigenvalue weighted by Gasteiger charge is 2.27. The number of halogens is 2.